The molecule has 1 aliphatic rings. The molecule has 0 unspecified atom stereocenters. The molecule has 0 radical (unpaired) electrons. The monoisotopic (exact) mass is 425 g/mol. The molecule has 2 aromatic heterocycles. The minimum atomic E-state index is -0.244. The molecule has 4 rings (SSSR count). The smallest absolute Gasteiger partial charge is 0.258 e. The number of thiophene rings is 1. The van der Waals surface area contributed by atoms with Crippen molar-refractivity contribution in [1.82, 2.24) is 15.1 Å². The van der Waals surface area contributed by atoms with Crippen LogP contribution in [-0.2, 0) is 17.8 Å². The number of amides is 1. The number of aromatic nitrogens is 2. The van der Waals surface area contributed by atoms with Gasteiger partial charge in [-0.3, -0.25) is 9.48 Å². The molecule has 0 aliphatic carbocycles. The van der Waals surface area contributed by atoms with Gasteiger partial charge in [0.1, 0.15) is 5.60 Å². The SMILES string of the molecule is Cc1nn(CCNC(=O)COc2cccc3c2OC(C)(C)C3)c(C)c1-c1cccs1. The number of para-hydroxylation sites is 1. The van der Waals surface area contributed by atoms with Crippen LogP contribution in [-0.4, -0.2) is 34.4 Å². The van der Waals surface area contributed by atoms with E-state index in [9.17, 15) is 4.79 Å². The first-order valence-corrected chi connectivity index (χ1v) is 11.0. The maximum Gasteiger partial charge on any atom is 0.258 e. The minimum absolute atomic E-state index is 0.0438. The van der Waals surface area contributed by atoms with Gasteiger partial charge >= 0.3 is 0 Å². The largest absolute Gasteiger partial charge is 0.483 e. The summed E-state index contributed by atoms with van der Waals surface area (Å²) < 4.78 is 13.7. The molecule has 0 fully saturated rings. The molecule has 1 amide bonds. The van der Waals surface area contributed by atoms with E-state index in [4.69, 9.17) is 9.47 Å². The van der Waals surface area contributed by atoms with Gasteiger partial charge in [0, 0.05) is 34.7 Å². The zero-order valence-corrected chi connectivity index (χ0v) is 18.6. The maximum atomic E-state index is 12.3. The van der Waals surface area contributed by atoms with Crippen molar-refractivity contribution in [3.63, 3.8) is 0 Å². The number of aryl methyl sites for hydroxylation is 1. The molecular weight excluding hydrogens is 398 g/mol. The van der Waals surface area contributed by atoms with Gasteiger partial charge < -0.3 is 14.8 Å². The lowest BCUT2D eigenvalue weighted by molar-refractivity contribution is -0.123. The zero-order valence-electron chi connectivity index (χ0n) is 17.8. The van der Waals surface area contributed by atoms with Crippen LogP contribution in [0.3, 0.4) is 0 Å². The first-order valence-electron chi connectivity index (χ1n) is 10.1. The summed E-state index contributed by atoms with van der Waals surface area (Å²) in [6, 6.07) is 9.97. The molecule has 0 atom stereocenters. The van der Waals surface area contributed by atoms with E-state index in [2.05, 4.69) is 28.8 Å². The van der Waals surface area contributed by atoms with Gasteiger partial charge in [0.05, 0.1) is 12.2 Å². The van der Waals surface area contributed by atoms with Gasteiger partial charge in [0.15, 0.2) is 18.1 Å². The van der Waals surface area contributed by atoms with Crippen LogP contribution in [0, 0.1) is 13.8 Å². The van der Waals surface area contributed by atoms with Gasteiger partial charge in [0.25, 0.3) is 5.91 Å². The Morgan fingerprint density at radius 1 is 1.30 bits per heavy atom. The molecule has 0 saturated heterocycles. The highest BCUT2D eigenvalue weighted by atomic mass is 32.1. The van der Waals surface area contributed by atoms with Gasteiger partial charge in [0.2, 0.25) is 0 Å². The van der Waals surface area contributed by atoms with Crippen molar-refractivity contribution in [2.24, 2.45) is 0 Å². The summed E-state index contributed by atoms with van der Waals surface area (Å²) in [6.45, 7) is 9.24. The lowest BCUT2D eigenvalue weighted by atomic mass is 10.0. The van der Waals surface area contributed by atoms with Crippen LogP contribution in [0.2, 0.25) is 0 Å². The Labute approximate surface area is 180 Å². The molecule has 3 aromatic rings. The Hall–Kier alpha value is -2.80. The van der Waals surface area contributed by atoms with E-state index in [-0.39, 0.29) is 18.1 Å². The minimum Gasteiger partial charge on any atom is -0.483 e. The van der Waals surface area contributed by atoms with Gasteiger partial charge in [-0.2, -0.15) is 5.10 Å². The molecule has 0 spiro atoms. The van der Waals surface area contributed by atoms with Crippen molar-refractivity contribution in [2.45, 2.75) is 46.3 Å². The molecule has 1 aliphatic heterocycles. The summed E-state index contributed by atoms with van der Waals surface area (Å²) >= 11 is 1.71. The Bertz CT molecular complexity index is 1050. The van der Waals surface area contributed by atoms with Gasteiger partial charge in [-0.25, -0.2) is 0 Å². The van der Waals surface area contributed by atoms with Crippen LogP contribution < -0.4 is 14.8 Å². The molecule has 1 N–H and O–H groups in total. The second kappa shape index (κ2) is 8.14. The molecule has 158 valence electrons. The molecular formula is C23H27N3O3S. The summed E-state index contributed by atoms with van der Waals surface area (Å²) in [4.78, 5) is 13.5. The standard InChI is InChI=1S/C23H27N3O3S/c1-15-21(19-9-6-12-30-19)16(2)26(25-15)11-10-24-20(27)14-28-18-8-5-7-17-13-23(3,4)29-22(17)18/h5-9,12H,10-11,13-14H2,1-4H3,(H,24,27). The lowest BCUT2D eigenvalue weighted by Crippen LogP contribution is -2.32. The third-order valence-electron chi connectivity index (χ3n) is 5.21. The first-order chi connectivity index (χ1) is 14.3. The third kappa shape index (κ3) is 4.21. The number of benzene rings is 1. The van der Waals surface area contributed by atoms with Crippen LogP contribution in [0.5, 0.6) is 11.5 Å². The van der Waals surface area contributed by atoms with Gasteiger partial charge in [-0.05, 0) is 45.2 Å². The fourth-order valence-electron chi connectivity index (χ4n) is 3.89. The highest BCUT2D eigenvalue weighted by molar-refractivity contribution is 7.13. The number of ether oxygens (including phenoxy) is 2. The van der Waals surface area contributed by atoms with Crippen LogP contribution in [0.1, 0.15) is 30.8 Å². The van der Waals surface area contributed by atoms with E-state index < -0.39 is 0 Å². The van der Waals surface area contributed by atoms with Crippen LogP contribution in [0.25, 0.3) is 10.4 Å². The second-order valence-electron chi connectivity index (χ2n) is 8.17. The van der Waals surface area contributed by atoms with Crippen molar-refractivity contribution in [1.29, 1.82) is 0 Å². The quantitative estimate of drug-likeness (QED) is 0.618. The molecule has 7 heteroatoms. The fourth-order valence-corrected chi connectivity index (χ4v) is 4.76. The fraction of sp³-hybridized carbons (Fsp3) is 0.391. The van der Waals surface area contributed by atoms with Crippen molar-refractivity contribution < 1.29 is 14.3 Å². The number of hydrogen-bond acceptors (Lipinski definition) is 5. The summed E-state index contributed by atoms with van der Waals surface area (Å²) in [5, 5.41) is 9.62. The number of fused-ring (bicyclic) bond motifs is 1. The van der Waals surface area contributed by atoms with E-state index >= 15 is 0 Å². The number of hydrogen-bond donors (Lipinski definition) is 1. The Morgan fingerprint density at radius 3 is 2.90 bits per heavy atom. The van der Waals surface area contributed by atoms with E-state index in [0.29, 0.717) is 18.8 Å². The van der Waals surface area contributed by atoms with E-state index in [0.717, 1.165) is 29.1 Å². The normalized spacial score (nSPS) is 14.3. The third-order valence-corrected chi connectivity index (χ3v) is 6.10. The highest BCUT2D eigenvalue weighted by Crippen LogP contribution is 2.41. The van der Waals surface area contributed by atoms with Crippen molar-refractivity contribution >= 4 is 17.2 Å². The first kappa shape index (κ1) is 20.5. The second-order valence-corrected chi connectivity index (χ2v) is 9.12. The van der Waals surface area contributed by atoms with E-state index in [1.54, 1.807) is 11.3 Å². The number of nitrogens with one attached hydrogen (secondary N) is 1. The topological polar surface area (TPSA) is 65.4 Å². The highest BCUT2D eigenvalue weighted by Gasteiger charge is 2.32. The summed E-state index contributed by atoms with van der Waals surface area (Å²) in [6.07, 6.45) is 0.835. The molecule has 0 saturated carbocycles. The van der Waals surface area contributed by atoms with Crippen molar-refractivity contribution in [3.8, 4) is 21.9 Å². The lowest BCUT2D eigenvalue weighted by Gasteiger charge is -2.18. The molecule has 6 nitrogen and oxygen atoms in total. The van der Waals surface area contributed by atoms with Gasteiger partial charge in [-0.15, -0.1) is 11.3 Å². The predicted octanol–water partition coefficient (Wildman–Crippen LogP) is 4.14. The number of nitrogens with zero attached hydrogens (tertiary/aromatic N) is 2. The zero-order chi connectivity index (χ0) is 21.3. The maximum absolute atomic E-state index is 12.3. The number of rotatable bonds is 7. The van der Waals surface area contributed by atoms with E-state index in [1.807, 2.05) is 49.7 Å². The Balaban J connectivity index is 1.30. The predicted molar refractivity (Wildman–Crippen MR) is 118 cm³/mol. The molecule has 0 bridgehead atoms. The number of carbonyl (C=O) groups is 1. The average molecular weight is 426 g/mol. The molecule has 3 heterocycles. The molecule has 30 heavy (non-hydrogen) atoms. The molecule has 1 aromatic carbocycles. The van der Waals surface area contributed by atoms with E-state index in [1.165, 1.54) is 10.4 Å². The van der Waals surface area contributed by atoms with Gasteiger partial charge in [-0.1, -0.05) is 18.2 Å². The summed E-state index contributed by atoms with van der Waals surface area (Å²) in [7, 11) is 0. The van der Waals surface area contributed by atoms with Crippen LogP contribution in [0.15, 0.2) is 35.7 Å². The summed E-state index contributed by atoms with van der Waals surface area (Å²) in [5.74, 6) is 1.20. The Kier molecular flexibility index (Phi) is 5.56. The average Bonchev–Trinajstić information content (AvgIpc) is 3.37. The van der Waals surface area contributed by atoms with Crippen molar-refractivity contribution in [2.75, 3.05) is 13.2 Å². The van der Waals surface area contributed by atoms with Crippen molar-refractivity contribution in [3.05, 3.63) is 52.7 Å². The number of carbonyl (C=O) groups excluding carboxylic acids is 1. The van der Waals surface area contributed by atoms with Crippen LogP contribution >= 0.6 is 11.3 Å². The summed E-state index contributed by atoms with van der Waals surface area (Å²) in [5.41, 5.74) is 4.17. The Morgan fingerprint density at radius 2 is 2.13 bits per heavy atom. The van der Waals surface area contributed by atoms with Crippen LogP contribution in [0.4, 0.5) is 0 Å².